The molecule has 0 aromatic carbocycles. The number of fused-ring (bicyclic) bond motifs is 1. The zero-order chi connectivity index (χ0) is 12.5. The molecule has 0 saturated carbocycles. The molecule has 0 spiro atoms. The average molecular weight is 280 g/mol. The van der Waals surface area contributed by atoms with Crippen molar-refractivity contribution in [3.8, 4) is 0 Å². The fraction of sp³-hybridized carbons (Fsp3) is 0.364. The SMILES string of the molecule is NC(=S)C1CN(c2ncnc3sccc23)CCO1. The van der Waals surface area contributed by atoms with E-state index in [0.717, 1.165) is 22.6 Å². The maximum absolute atomic E-state index is 5.65. The van der Waals surface area contributed by atoms with Gasteiger partial charge in [0, 0.05) is 6.54 Å². The highest BCUT2D eigenvalue weighted by molar-refractivity contribution is 7.80. The van der Waals surface area contributed by atoms with E-state index in [9.17, 15) is 0 Å². The van der Waals surface area contributed by atoms with Gasteiger partial charge in [0.15, 0.2) is 0 Å². The summed E-state index contributed by atoms with van der Waals surface area (Å²) in [6.07, 6.45) is 1.40. The second kappa shape index (κ2) is 4.75. The maximum atomic E-state index is 5.65. The largest absolute Gasteiger partial charge is 0.391 e. The Hall–Kier alpha value is -1.31. The molecule has 0 amide bonds. The fourth-order valence-corrected chi connectivity index (χ4v) is 2.91. The van der Waals surface area contributed by atoms with Crippen LogP contribution in [-0.4, -0.2) is 40.8 Å². The van der Waals surface area contributed by atoms with Crippen LogP contribution < -0.4 is 10.6 Å². The van der Waals surface area contributed by atoms with Gasteiger partial charge in [-0.25, -0.2) is 9.97 Å². The third-order valence-electron chi connectivity index (χ3n) is 2.92. The molecule has 0 radical (unpaired) electrons. The predicted molar refractivity (Wildman–Crippen MR) is 76.2 cm³/mol. The van der Waals surface area contributed by atoms with E-state index in [1.54, 1.807) is 17.7 Å². The summed E-state index contributed by atoms with van der Waals surface area (Å²) in [4.78, 5) is 12.2. The van der Waals surface area contributed by atoms with Crippen LogP contribution in [0.15, 0.2) is 17.8 Å². The first-order chi connectivity index (χ1) is 8.75. The Kier molecular flexibility index (Phi) is 3.11. The van der Waals surface area contributed by atoms with Gasteiger partial charge in [0.2, 0.25) is 0 Å². The van der Waals surface area contributed by atoms with Crippen molar-refractivity contribution in [2.45, 2.75) is 6.10 Å². The van der Waals surface area contributed by atoms with E-state index in [-0.39, 0.29) is 6.10 Å². The number of aromatic nitrogens is 2. The number of rotatable bonds is 2. The third-order valence-corrected chi connectivity index (χ3v) is 4.01. The lowest BCUT2D eigenvalue weighted by Gasteiger charge is -2.33. The van der Waals surface area contributed by atoms with Crippen LogP contribution in [0.2, 0.25) is 0 Å². The van der Waals surface area contributed by atoms with Gasteiger partial charge in [0.25, 0.3) is 0 Å². The zero-order valence-electron chi connectivity index (χ0n) is 9.57. The molecule has 0 aliphatic carbocycles. The molecule has 94 valence electrons. The van der Waals surface area contributed by atoms with E-state index in [2.05, 4.69) is 14.9 Å². The number of thiophene rings is 1. The van der Waals surface area contributed by atoms with Crippen LogP contribution in [0, 0.1) is 0 Å². The highest BCUT2D eigenvalue weighted by Gasteiger charge is 2.24. The minimum atomic E-state index is -0.197. The summed E-state index contributed by atoms with van der Waals surface area (Å²) in [6, 6.07) is 2.04. The van der Waals surface area contributed by atoms with E-state index in [4.69, 9.17) is 22.7 Å². The predicted octanol–water partition coefficient (Wildman–Crippen LogP) is 1.18. The smallest absolute Gasteiger partial charge is 0.140 e. The van der Waals surface area contributed by atoms with Gasteiger partial charge < -0.3 is 15.4 Å². The summed E-state index contributed by atoms with van der Waals surface area (Å²) in [5.41, 5.74) is 5.65. The lowest BCUT2D eigenvalue weighted by atomic mass is 10.2. The van der Waals surface area contributed by atoms with Gasteiger partial charge >= 0.3 is 0 Å². The lowest BCUT2D eigenvalue weighted by Crippen LogP contribution is -2.48. The van der Waals surface area contributed by atoms with Crippen molar-refractivity contribution < 1.29 is 4.74 Å². The first-order valence-electron chi connectivity index (χ1n) is 5.60. The molecule has 1 aliphatic rings. The number of nitrogens with two attached hydrogens (primary N) is 1. The van der Waals surface area contributed by atoms with Crippen molar-refractivity contribution in [1.29, 1.82) is 0 Å². The highest BCUT2D eigenvalue weighted by atomic mass is 32.1. The minimum Gasteiger partial charge on any atom is -0.391 e. The molecular formula is C11H12N4OS2. The molecule has 0 bridgehead atoms. The zero-order valence-corrected chi connectivity index (χ0v) is 11.2. The number of anilines is 1. The molecule has 1 saturated heterocycles. The van der Waals surface area contributed by atoms with E-state index < -0.39 is 0 Å². The van der Waals surface area contributed by atoms with Crippen molar-refractivity contribution in [3.05, 3.63) is 17.8 Å². The Labute approximate surface area is 114 Å². The van der Waals surface area contributed by atoms with E-state index in [1.165, 1.54) is 0 Å². The Bertz CT molecular complexity index is 585. The Balaban J connectivity index is 1.94. The van der Waals surface area contributed by atoms with Crippen LogP contribution in [0.1, 0.15) is 0 Å². The number of ether oxygens (including phenoxy) is 1. The van der Waals surface area contributed by atoms with E-state index in [1.807, 2.05) is 11.4 Å². The van der Waals surface area contributed by atoms with Crippen molar-refractivity contribution >= 4 is 44.6 Å². The van der Waals surface area contributed by atoms with Crippen molar-refractivity contribution in [3.63, 3.8) is 0 Å². The molecule has 7 heteroatoms. The van der Waals surface area contributed by atoms with Gasteiger partial charge in [0.05, 0.1) is 18.5 Å². The number of morpholine rings is 1. The molecule has 2 N–H and O–H groups in total. The molecule has 2 aromatic heterocycles. The van der Waals surface area contributed by atoms with Crippen LogP contribution in [0.5, 0.6) is 0 Å². The quantitative estimate of drug-likeness (QED) is 0.834. The second-order valence-electron chi connectivity index (χ2n) is 4.04. The molecule has 18 heavy (non-hydrogen) atoms. The Morgan fingerprint density at radius 1 is 1.56 bits per heavy atom. The minimum absolute atomic E-state index is 0.197. The van der Waals surface area contributed by atoms with Gasteiger partial charge in [-0.3, -0.25) is 0 Å². The Morgan fingerprint density at radius 3 is 3.28 bits per heavy atom. The summed E-state index contributed by atoms with van der Waals surface area (Å²) in [5, 5.41) is 3.10. The number of thiocarbonyl (C=S) groups is 1. The standard InChI is InChI=1S/C11H12N4OS2/c12-9(17)8-5-15(2-3-16-8)10-7-1-4-18-11(7)14-6-13-10/h1,4,6,8H,2-3,5H2,(H2,12,17). The first-order valence-corrected chi connectivity index (χ1v) is 6.88. The van der Waals surface area contributed by atoms with Crippen LogP contribution in [-0.2, 0) is 4.74 Å². The summed E-state index contributed by atoms with van der Waals surface area (Å²) < 4.78 is 5.54. The molecule has 1 fully saturated rings. The monoisotopic (exact) mass is 280 g/mol. The molecule has 1 unspecified atom stereocenters. The van der Waals surface area contributed by atoms with Crippen molar-refractivity contribution in [2.75, 3.05) is 24.6 Å². The van der Waals surface area contributed by atoms with Gasteiger partial charge in [-0.15, -0.1) is 11.3 Å². The topological polar surface area (TPSA) is 64.3 Å². The maximum Gasteiger partial charge on any atom is 0.140 e. The van der Waals surface area contributed by atoms with Crippen molar-refractivity contribution in [1.82, 2.24) is 9.97 Å². The van der Waals surface area contributed by atoms with E-state index >= 15 is 0 Å². The molecule has 3 rings (SSSR count). The molecular weight excluding hydrogens is 268 g/mol. The van der Waals surface area contributed by atoms with Crippen LogP contribution in [0.3, 0.4) is 0 Å². The fourth-order valence-electron chi connectivity index (χ4n) is 2.04. The van der Waals surface area contributed by atoms with Gasteiger partial charge in [-0.05, 0) is 11.4 Å². The second-order valence-corrected chi connectivity index (χ2v) is 5.41. The van der Waals surface area contributed by atoms with Crippen LogP contribution in [0.25, 0.3) is 10.2 Å². The lowest BCUT2D eigenvalue weighted by molar-refractivity contribution is 0.0845. The molecule has 1 aliphatic heterocycles. The summed E-state index contributed by atoms with van der Waals surface area (Å²) in [6.45, 7) is 2.05. The molecule has 2 aromatic rings. The van der Waals surface area contributed by atoms with Gasteiger partial charge in [-0.2, -0.15) is 0 Å². The molecule has 1 atom stereocenters. The van der Waals surface area contributed by atoms with Crippen LogP contribution in [0.4, 0.5) is 5.82 Å². The van der Waals surface area contributed by atoms with E-state index in [0.29, 0.717) is 18.1 Å². The number of nitrogens with zero attached hydrogens (tertiary/aromatic N) is 3. The summed E-state index contributed by atoms with van der Waals surface area (Å²) in [7, 11) is 0. The van der Waals surface area contributed by atoms with Crippen molar-refractivity contribution in [2.24, 2.45) is 5.73 Å². The number of hydrogen-bond donors (Lipinski definition) is 1. The number of hydrogen-bond acceptors (Lipinski definition) is 6. The molecule has 3 heterocycles. The van der Waals surface area contributed by atoms with Crippen LogP contribution >= 0.6 is 23.6 Å². The van der Waals surface area contributed by atoms with Gasteiger partial charge in [-0.1, -0.05) is 12.2 Å². The normalized spacial score (nSPS) is 20.2. The first kappa shape index (κ1) is 11.8. The van der Waals surface area contributed by atoms with Gasteiger partial charge in [0.1, 0.15) is 28.1 Å². The highest BCUT2D eigenvalue weighted by Crippen LogP contribution is 2.27. The third kappa shape index (κ3) is 2.05. The Morgan fingerprint density at radius 2 is 2.44 bits per heavy atom. The molecule has 5 nitrogen and oxygen atoms in total. The average Bonchev–Trinajstić information content (AvgIpc) is 2.87. The summed E-state index contributed by atoms with van der Waals surface area (Å²) in [5.74, 6) is 0.936. The summed E-state index contributed by atoms with van der Waals surface area (Å²) >= 11 is 6.61.